The minimum atomic E-state index is 0.0530. The quantitative estimate of drug-likeness (QED) is 0.692. The van der Waals surface area contributed by atoms with Crippen molar-refractivity contribution in [3.8, 4) is 0 Å². The van der Waals surface area contributed by atoms with Gasteiger partial charge in [0.15, 0.2) is 0 Å². The fraction of sp³-hybridized carbons (Fsp3) is 0.200. The summed E-state index contributed by atoms with van der Waals surface area (Å²) in [5, 5.41) is 4.72. The molecule has 3 aromatic rings. The van der Waals surface area contributed by atoms with E-state index in [0.717, 1.165) is 27.9 Å². The molecule has 1 aromatic carbocycles. The lowest BCUT2D eigenvalue weighted by Crippen LogP contribution is -2.20. The summed E-state index contributed by atoms with van der Waals surface area (Å²) in [6.07, 6.45) is 2.60. The molecule has 5 heteroatoms. The Morgan fingerprint density at radius 1 is 1.25 bits per heavy atom. The van der Waals surface area contributed by atoms with Gasteiger partial charge in [-0.2, -0.15) is 0 Å². The Kier molecular flexibility index (Phi) is 3.85. The number of hydrogen-bond donors (Lipinski definition) is 0. The molecule has 2 aromatic heterocycles. The van der Waals surface area contributed by atoms with Crippen LogP contribution in [0.4, 0.5) is 0 Å². The minimum absolute atomic E-state index is 0.0530. The highest BCUT2D eigenvalue weighted by Crippen LogP contribution is 2.13. The SMILES string of the molecule is O=c1c2ccccc2ccn1CCc1nc(CCl)cs1. The number of hydrogen-bond acceptors (Lipinski definition) is 3. The van der Waals surface area contributed by atoms with E-state index in [0.29, 0.717) is 12.4 Å². The molecule has 0 saturated carbocycles. The number of alkyl halides is 1. The number of nitrogens with zero attached hydrogens (tertiary/aromatic N) is 2. The fourth-order valence-electron chi connectivity index (χ4n) is 2.15. The van der Waals surface area contributed by atoms with E-state index < -0.39 is 0 Å². The van der Waals surface area contributed by atoms with Crippen molar-refractivity contribution in [3.05, 3.63) is 63.0 Å². The van der Waals surface area contributed by atoms with Crippen molar-refractivity contribution in [2.24, 2.45) is 0 Å². The summed E-state index contributed by atoms with van der Waals surface area (Å²) in [7, 11) is 0. The number of halogens is 1. The Morgan fingerprint density at radius 3 is 2.90 bits per heavy atom. The van der Waals surface area contributed by atoms with Crippen LogP contribution in [0, 0.1) is 0 Å². The third-order valence-corrected chi connectivity index (χ3v) is 4.42. The molecule has 2 heterocycles. The predicted molar refractivity (Wildman–Crippen MR) is 83.6 cm³/mol. The van der Waals surface area contributed by atoms with E-state index in [1.807, 2.05) is 41.9 Å². The van der Waals surface area contributed by atoms with Gasteiger partial charge in [-0.25, -0.2) is 4.98 Å². The van der Waals surface area contributed by atoms with Crippen LogP contribution in [0.2, 0.25) is 0 Å². The first-order valence-electron chi connectivity index (χ1n) is 6.35. The van der Waals surface area contributed by atoms with Crippen LogP contribution in [0.15, 0.2) is 46.7 Å². The van der Waals surface area contributed by atoms with Gasteiger partial charge in [0.25, 0.3) is 5.56 Å². The molecule has 3 rings (SSSR count). The summed E-state index contributed by atoms with van der Waals surface area (Å²) < 4.78 is 1.74. The van der Waals surface area contributed by atoms with Crippen molar-refractivity contribution in [2.75, 3.05) is 0 Å². The van der Waals surface area contributed by atoms with E-state index in [2.05, 4.69) is 4.98 Å². The molecule has 0 amide bonds. The molecule has 0 aliphatic rings. The van der Waals surface area contributed by atoms with E-state index in [1.165, 1.54) is 0 Å². The van der Waals surface area contributed by atoms with Gasteiger partial charge in [-0.05, 0) is 17.5 Å². The standard InChI is InChI=1S/C15H13ClN2OS/c16-9-12-10-20-14(17-12)6-8-18-7-5-11-3-1-2-4-13(11)15(18)19/h1-5,7,10H,6,8-9H2. The molecular formula is C15H13ClN2OS. The maximum Gasteiger partial charge on any atom is 0.258 e. The Hall–Kier alpha value is -1.65. The lowest BCUT2D eigenvalue weighted by Gasteiger charge is -2.05. The molecule has 0 fully saturated rings. The summed E-state index contributed by atoms with van der Waals surface area (Å²) >= 11 is 7.33. The largest absolute Gasteiger partial charge is 0.315 e. The maximum absolute atomic E-state index is 12.3. The molecule has 0 bridgehead atoms. The molecule has 0 aliphatic heterocycles. The first kappa shape index (κ1) is 13.3. The maximum atomic E-state index is 12.3. The van der Waals surface area contributed by atoms with E-state index in [-0.39, 0.29) is 5.56 Å². The van der Waals surface area contributed by atoms with Gasteiger partial charge < -0.3 is 4.57 Å². The second kappa shape index (κ2) is 5.77. The van der Waals surface area contributed by atoms with Crippen LogP contribution >= 0.6 is 22.9 Å². The lowest BCUT2D eigenvalue weighted by atomic mass is 10.2. The monoisotopic (exact) mass is 304 g/mol. The fourth-order valence-corrected chi connectivity index (χ4v) is 3.16. The number of aromatic nitrogens is 2. The zero-order valence-electron chi connectivity index (χ0n) is 10.8. The number of benzene rings is 1. The summed E-state index contributed by atoms with van der Waals surface area (Å²) in [5.74, 6) is 0.437. The summed E-state index contributed by atoms with van der Waals surface area (Å²) in [4.78, 5) is 16.7. The molecule has 0 atom stereocenters. The van der Waals surface area contributed by atoms with Gasteiger partial charge in [0, 0.05) is 29.9 Å². The van der Waals surface area contributed by atoms with E-state index in [1.54, 1.807) is 15.9 Å². The van der Waals surface area contributed by atoms with Crippen LogP contribution in [-0.4, -0.2) is 9.55 Å². The van der Waals surface area contributed by atoms with E-state index in [4.69, 9.17) is 11.6 Å². The topological polar surface area (TPSA) is 34.9 Å². The van der Waals surface area contributed by atoms with Gasteiger partial charge in [0.2, 0.25) is 0 Å². The van der Waals surface area contributed by atoms with Gasteiger partial charge >= 0.3 is 0 Å². The van der Waals surface area contributed by atoms with Crippen LogP contribution < -0.4 is 5.56 Å². The highest BCUT2D eigenvalue weighted by molar-refractivity contribution is 7.09. The smallest absolute Gasteiger partial charge is 0.258 e. The normalized spacial score (nSPS) is 11.1. The second-order valence-corrected chi connectivity index (χ2v) is 5.73. The van der Waals surface area contributed by atoms with Crippen molar-refractivity contribution < 1.29 is 0 Å². The van der Waals surface area contributed by atoms with Crippen molar-refractivity contribution >= 4 is 33.7 Å². The number of thiazole rings is 1. The van der Waals surface area contributed by atoms with E-state index in [9.17, 15) is 4.79 Å². The summed E-state index contributed by atoms with van der Waals surface area (Å²) in [6, 6.07) is 9.62. The average molecular weight is 305 g/mol. The van der Waals surface area contributed by atoms with Crippen molar-refractivity contribution in [2.45, 2.75) is 18.8 Å². The molecule has 0 spiro atoms. The zero-order chi connectivity index (χ0) is 13.9. The first-order valence-corrected chi connectivity index (χ1v) is 7.77. The van der Waals surface area contributed by atoms with Crippen LogP contribution in [0.3, 0.4) is 0 Å². The molecule has 102 valence electrons. The van der Waals surface area contributed by atoms with E-state index >= 15 is 0 Å². The van der Waals surface area contributed by atoms with Crippen molar-refractivity contribution in [1.82, 2.24) is 9.55 Å². The molecule has 20 heavy (non-hydrogen) atoms. The van der Waals surface area contributed by atoms with Gasteiger partial charge in [0.1, 0.15) is 0 Å². The lowest BCUT2D eigenvalue weighted by molar-refractivity contribution is 0.672. The Morgan fingerprint density at radius 2 is 2.10 bits per heavy atom. The minimum Gasteiger partial charge on any atom is -0.315 e. The molecule has 0 N–H and O–H groups in total. The van der Waals surface area contributed by atoms with Gasteiger partial charge in [-0.1, -0.05) is 18.2 Å². The zero-order valence-corrected chi connectivity index (χ0v) is 12.3. The highest BCUT2D eigenvalue weighted by atomic mass is 35.5. The molecule has 0 unspecified atom stereocenters. The number of fused-ring (bicyclic) bond motifs is 1. The number of aryl methyl sites for hydroxylation is 2. The molecular weight excluding hydrogens is 292 g/mol. The van der Waals surface area contributed by atoms with Crippen LogP contribution in [0.5, 0.6) is 0 Å². The third-order valence-electron chi connectivity index (χ3n) is 3.19. The molecule has 0 saturated heterocycles. The Labute approximate surface area is 125 Å². The first-order chi connectivity index (χ1) is 9.78. The predicted octanol–water partition coefficient (Wildman–Crippen LogP) is 3.44. The summed E-state index contributed by atoms with van der Waals surface area (Å²) in [5.41, 5.74) is 0.953. The number of pyridine rings is 1. The average Bonchev–Trinajstić information content (AvgIpc) is 2.95. The Bertz CT molecular complexity index is 794. The van der Waals surface area contributed by atoms with Gasteiger partial charge in [0.05, 0.1) is 16.6 Å². The van der Waals surface area contributed by atoms with Gasteiger partial charge in [-0.3, -0.25) is 4.79 Å². The van der Waals surface area contributed by atoms with Gasteiger partial charge in [-0.15, -0.1) is 22.9 Å². The van der Waals surface area contributed by atoms with Crippen LogP contribution in [0.25, 0.3) is 10.8 Å². The highest BCUT2D eigenvalue weighted by Gasteiger charge is 2.04. The second-order valence-electron chi connectivity index (χ2n) is 4.52. The molecule has 3 nitrogen and oxygen atoms in total. The van der Waals surface area contributed by atoms with Crippen molar-refractivity contribution in [1.29, 1.82) is 0 Å². The Balaban J connectivity index is 1.84. The molecule has 0 radical (unpaired) electrons. The van der Waals surface area contributed by atoms with Crippen molar-refractivity contribution in [3.63, 3.8) is 0 Å². The summed E-state index contributed by atoms with van der Waals surface area (Å²) in [6.45, 7) is 0.638. The van der Waals surface area contributed by atoms with Crippen LogP contribution in [0.1, 0.15) is 10.7 Å². The number of rotatable bonds is 4. The molecule has 0 aliphatic carbocycles. The third kappa shape index (κ3) is 2.62. The van der Waals surface area contributed by atoms with Crippen LogP contribution in [-0.2, 0) is 18.8 Å².